The molecule has 0 bridgehead atoms. The van der Waals surface area contributed by atoms with E-state index >= 15 is 0 Å². The Morgan fingerprint density at radius 2 is 2.09 bits per heavy atom. The summed E-state index contributed by atoms with van der Waals surface area (Å²) in [6, 6.07) is 4.56. The number of nitrogens with one attached hydrogen (secondary N) is 3. The summed E-state index contributed by atoms with van der Waals surface area (Å²) >= 11 is 0. The SMILES string of the molecule is C=C(/C=C(\NN)C1CC1)N/C(N)=C/C(C)=N\C(=C)NCc1cc(-c2ccc(F)cn2)no1. The van der Waals surface area contributed by atoms with Crippen molar-refractivity contribution in [1.29, 1.82) is 0 Å². The number of allylic oxidation sites excluding steroid dienone is 3. The van der Waals surface area contributed by atoms with E-state index in [2.05, 4.69) is 44.4 Å². The van der Waals surface area contributed by atoms with E-state index < -0.39 is 5.82 Å². The third kappa shape index (κ3) is 6.81. The van der Waals surface area contributed by atoms with Crippen molar-refractivity contribution in [2.75, 3.05) is 0 Å². The summed E-state index contributed by atoms with van der Waals surface area (Å²) in [6.07, 6.45) is 6.88. The Morgan fingerprint density at radius 3 is 2.75 bits per heavy atom. The van der Waals surface area contributed by atoms with E-state index in [0.717, 1.165) is 24.7 Å². The predicted molar refractivity (Wildman–Crippen MR) is 121 cm³/mol. The van der Waals surface area contributed by atoms with Gasteiger partial charge in [-0.15, -0.1) is 0 Å². The molecule has 3 rings (SSSR count). The molecule has 1 saturated carbocycles. The van der Waals surface area contributed by atoms with Crippen molar-refractivity contribution in [3.63, 3.8) is 0 Å². The Bertz CT molecular complexity index is 1060. The molecular formula is C22H27FN8O. The zero-order chi connectivity index (χ0) is 23.1. The number of nitrogens with two attached hydrogens (primary N) is 2. The van der Waals surface area contributed by atoms with Gasteiger partial charge in [-0.3, -0.25) is 10.8 Å². The van der Waals surface area contributed by atoms with Crippen LogP contribution in [0.4, 0.5) is 4.39 Å². The zero-order valence-electron chi connectivity index (χ0n) is 17.9. The Hall–Kier alpha value is -3.92. The van der Waals surface area contributed by atoms with Crippen molar-refractivity contribution < 1.29 is 8.91 Å². The number of hydrogen-bond donors (Lipinski definition) is 5. The minimum absolute atomic E-state index is 0.318. The first-order valence-corrected chi connectivity index (χ1v) is 10.0. The number of hydrazine groups is 1. The fourth-order valence-corrected chi connectivity index (χ4v) is 2.86. The number of aromatic nitrogens is 2. The Morgan fingerprint density at radius 1 is 1.31 bits per heavy atom. The van der Waals surface area contributed by atoms with Crippen LogP contribution < -0.4 is 27.6 Å². The lowest BCUT2D eigenvalue weighted by Gasteiger charge is -2.09. The third-order valence-corrected chi connectivity index (χ3v) is 4.51. The third-order valence-electron chi connectivity index (χ3n) is 4.51. The molecule has 0 saturated heterocycles. The zero-order valence-corrected chi connectivity index (χ0v) is 17.9. The molecule has 2 heterocycles. The highest BCUT2D eigenvalue weighted by Gasteiger charge is 2.25. The number of hydrogen-bond acceptors (Lipinski definition) is 9. The Labute approximate surface area is 185 Å². The summed E-state index contributed by atoms with van der Waals surface area (Å²) < 4.78 is 18.3. The summed E-state index contributed by atoms with van der Waals surface area (Å²) in [4.78, 5) is 8.33. The second-order valence-electron chi connectivity index (χ2n) is 7.36. The van der Waals surface area contributed by atoms with E-state index in [1.54, 1.807) is 19.1 Å². The first-order chi connectivity index (χ1) is 15.3. The van der Waals surface area contributed by atoms with Crippen molar-refractivity contribution in [2.45, 2.75) is 26.3 Å². The van der Waals surface area contributed by atoms with Gasteiger partial charge in [0.25, 0.3) is 0 Å². The van der Waals surface area contributed by atoms with Gasteiger partial charge in [0.2, 0.25) is 0 Å². The highest BCUT2D eigenvalue weighted by molar-refractivity contribution is 5.93. The summed E-state index contributed by atoms with van der Waals surface area (Å²) in [5.41, 5.74) is 11.9. The van der Waals surface area contributed by atoms with Gasteiger partial charge in [0.15, 0.2) is 5.76 Å². The van der Waals surface area contributed by atoms with Gasteiger partial charge in [-0.1, -0.05) is 18.3 Å². The van der Waals surface area contributed by atoms with Crippen molar-refractivity contribution >= 4 is 5.71 Å². The molecule has 0 aromatic carbocycles. The molecule has 1 aliphatic rings. The second-order valence-corrected chi connectivity index (χ2v) is 7.36. The van der Waals surface area contributed by atoms with E-state index in [4.69, 9.17) is 16.1 Å². The largest absolute Gasteiger partial charge is 0.385 e. The van der Waals surface area contributed by atoms with Crippen LogP contribution in [0.5, 0.6) is 0 Å². The highest BCUT2D eigenvalue weighted by Crippen LogP contribution is 2.34. The number of rotatable bonds is 11. The molecule has 0 spiro atoms. The van der Waals surface area contributed by atoms with E-state index in [-0.39, 0.29) is 0 Å². The standard InChI is InChI=1S/C22H27FN8O/c1-13(8-20(30-25)16-4-5-16)29-22(24)9-14(2)28-15(3)26-12-18-10-21(31-32-18)19-7-6-17(23)11-27-19/h6-11,16,26,29-30H,1,3-5,12,24-25H2,2H3/b20-8-,22-9+,28-14-. The molecule has 9 nitrogen and oxygen atoms in total. The molecule has 0 amide bonds. The average Bonchev–Trinajstić information content (AvgIpc) is 3.48. The van der Waals surface area contributed by atoms with Crippen molar-refractivity contribution in [2.24, 2.45) is 22.5 Å². The molecule has 1 fully saturated rings. The van der Waals surface area contributed by atoms with Crippen molar-refractivity contribution in [3.05, 3.63) is 84.3 Å². The first-order valence-electron chi connectivity index (χ1n) is 10.0. The fraction of sp³-hybridized carbons (Fsp3) is 0.227. The van der Waals surface area contributed by atoms with Crippen molar-refractivity contribution in [3.8, 4) is 11.4 Å². The smallest absolute Gasteiger partial charge is 0.156 e. The van der Waals surface area contributed by atoms with Gasteiger partial charge in [-0.05, 0) is 44.1 Å². The molecular weight excluding hydrogens is 411 g/mol. The van der Waals surface area contributed by atoms with Crippen LogP contribution in [0.1, 0.15) is 25.5 Å². The van der Waals surface area contributed by atoms with Crippen LogP contribution >= 0.6 is 0 Å². The van der Waals surface area contributed by atoms with Crippen LogP contribution in [0.2, 0.25) is 0 Å². The van der Waals surface area contributed by atoms with Crippen LogP contribution in [0.3, 0.4) is 0 Å². The normalized spacial score (nSPS) is 14.8. The van der Waals surface area contributed by atoms with Gasteiger partial charge in [-0.2, -0.15) is 0 Å². The molecule has 1 aliphatic carbocycles. The van der Waals surface area contributed by atoms with E-state index in [1.807, 2.05) is 6.08 Å². The first kappa shape index (κ1) is 22.8. The minimum Gasteiger partial charge on any atom is -0.385 e. The predicted octanol–water partition coefficient (Wildman–Crippen LogP) is 2.56. The maximum atomic E-state index is 13.0. The van der Waals surface area contributed by atoms with E-state index in [9.17, 15) is 4.39 Å². The number of aliphatic imine (C=N–C) groups is 1. The molecule has 2 aromatic heterocycles. The molecule has 168 valence electrons. The molecule has 0 radical (unpaired) electrons. The second kappa shape index (κ2) is 10.4. The van der Waals surface area contributed by atoms with Crippen LogP contribution in [-0.2, 0) is 6.54 Å². The molecule has 32 heavy (non-hydrogen) atoms. The Balaban J connectivity index is 1.50. The molecule has 0 unspecified atom stereocenters. The number of halogens is 1. The summed E-state index contributed by atoms with van der Waals surface area (Å²) in [6.45, 7) is 9.93. The average molecular weight is 439 g/mol. The van der Waals surface area contributed by atoms with Crippen LogP contribution in [0.25, 0.3) is 11.4 Å². The van der Waals surface area contributed by atoms with Gasteiger partial charge >= 0.3 is 0 Å². The lowest BCUT2D eigenvalue weighted by molar-refractivity contribution is 0.379. The van der Waals surface area contributed by atoms with Gasteiger partial charge in [0.05, 0.1) is 18.4 Å². The number of pyridine rings is 1. The lowest BCUT2D eigenvalue weighted by atomic mass is 10.2. The van der Waals surface area contributed by atoms with E-state index in [0.29, 0.717) is 52.7 Å². The molecule has 0 atom stereocenters. The van der Waals surface area contributed by atoms with Crippen LogP contribution in [0, 0.1) is 11.7 Å². The fourth-order valence-electron chi connectivity index (χ4n) is 2.86. The van der Waals surface area contributed by atoms with Gasteiger partial charge < -0.3 is 26.3 Å². The van der Waals surface area contributed by atoms with Gasteiger partial charge in [0.1, 0.15) is 23.2 Å². The Kier molecular flexibility index (Phi) is 7.40. The molecule has 10 heteroatoms. The minimum atomic E-state index is -0.412. The summed E-state index contributed by atoms with van der Waals surface area (Å²) in [7, 11) is 0. The quantitative estimate of drug-likeness (QED) is 0.156. The van der Waals surface area contributed by atoms with E-state index in [1.165, 1.54) is 12.1 Å². The van der Waals surface area contributed by atoms with Gasteiger partial charge in [0, 0.05) is 29.1 Å². The lowest BCUT2D eigenvalue weighted by Crippen LogP contribution is -2.24. The topological polar surface area (TPSA) is 139 Å². The molecule has 7 N–H and O–H groups in total. The van der Waals surface area contributed by atoms with Gasteiger partial charge in [-0.25, -0.2) is 9.38 Å². The summed E-state index contributed by atoms with van der Waals surface area (Å²) in [5.74, 6) is 6.96. The molecule has 0 aliphatic heterocycles. The monoisotopic (exact) mass is 438 g/mol. The van der Waals surface area contributed by atoms with Crippen LogP contribution in [0.15, 0.2) is 82.3 Å². The highest BCUT2D eigenvalue weighted by atomic mass is 19.1. The molecule has 2 aromatic rings. The maximum absolute atomic E-state index is 13.0. The van der Waals surface area contributed by atoms with Crippen LogP contribution in [-0.4, -0.2) is 15.9 Å². The number of nitrogens with zero attached hydrogens (tertiary/aromatic N) is 3. The summed E-state index contributed by atoms with van der Waals surface area (Å²) in [5, 5.41) is 9.97. The van der Waals surface area contributed by atoms with Crippen molar-refractivity contribution in [1.82, 2.24) is 26.2 Å². The maximum Gasteiger partial charge on any atom is 0.156 e.